The van der Waals surface area contributed by atoms with Gasteiger partial charge in [0, 0.05) is 19.5 Å². The molecule has 0 N–H and O–H groups in total. The first-order valence-electron chi connectivity index (χ1n) is 5.13. The third-order valence-corrected chi connectivity index (χ3v) is 4.72. The van der Waals surface area contributed by atoms with Gasteiger partial charge in [0.2, 0.25) is 0 Å². The minimum absolute atomic E-state index is 0.128. The molecular formula is C12H11Cl2NO2S. The highest BCUT2D eigenvalue weighted by atomic mass is 35.5. The van der Waals surface area contributed by atoms with Crippen molar-refractivity contribution in [3.05, 3.63) is 27.1 Å². The molecule has 1 aromatic carbocycles. The van der Waals surface area contributed by atoms with Crippen molar-refractivity contribution < 1.29 is 9.53 Å². The number of carbonyl (C=O) groups excluding carboxylic acids is 1. The maximum absolute atomic E-state index is 12.0. The van der Waals surface area contributed by atoms with Crippen LogP contribution < -0.4 is 4.74 Å². The zero-order chi connectivity index (χ0) is 13.4. The van der Waals surface area contributed by atoms with Crippen LogP contribution in [-0.2, 0) is 0 Å². The quantitative estimate of drug-likeness (QED) is 0.841. The molecular weight excluding hydrogens is 293 g/mol. The molecule has 96 valence electrons. The molecule has 0 spiro atoms. The molecule has 0 atom stereocenters. The molecule has 1 aromatic heterocycles. The van der Waals surface area contributed by atoms with Gasteiger partial charge in [-0.15, -0.1) is 11.3 Å². The Hall–Kier alpha value is -0.970. The molecule has 0 saturated carbocycles. The van der Waals surface area contributed by atoms with Crippen molar-refractivity contribution in [1.29, 1.82) is 0 Å². The Morgan fingerprint density at radius 3 is 2.50 bits per heavy atom. The molecule has 0 aliphatic carbocycles. The summed E-state index contributed by atoms with van der Waals surface area (Å²) in [7, 11) is 4.92. The van der Waals surface area contributed by atoms with Gasteiger partial charge in [-0.3, -0.25) is 4.79 Å². The van der Waals surface area contributed by atoms with Crippen LogP contribution in [0.2, 0.25) is 10.0 Å². The molecule has 0 aliphatic heterocycles. The van der Waals surface area contributed by atoms with Crippen molar-refractivity contribution in [3.8, 4) is 5.75 Å². The number of amides is 1. The van der Waals surface area contributed by atoms with E-state index in [9.17, 15) is 4.79 Å². The minimum atomic E-state index is -0.128. The standard InChI is InChI=1S/C12H11Cl2NO2S/c1-15(2)12(16)11-8(13)6-4-5-7(17-3)9(14)10(6)18-11/h4-5H,1-3H3. The Morgan fingerprint density at radius 1 is 1.28 bits per heavy atom. The Bertz CT molecular complexity index is 622. The predicted molar refractivity (Wildman–Crippen MR) is 76.4 cm³/mol. The van der Waals surface area contributed by atoms with Crippen molar-refractivity contribution in [2.75, 3.05) is 21.2 Å². The highest BCUT2D eigenvalue weighted by molar-refractivity contribution is 7.22. The van der Waals surface area contributed by atoms with Crippen molar-refractivity contribution in [3.63, 3.8) is 0 Å². The van der Waals surface area contributed by atoms with Crippen LogP contribution in [0.1, 0.15) is 9.67 Å². The van der Waals surface area contributed by atoms with Crippen LogP contribution in [0.25, 0.3) is 10.1 Å². The van der Waals surface area contributed by atoms with E-state index < -0.39 is 0 Å². The zero-order valence-corrected chi connectivity index (χ0v) is 12.4. The van der Waals surface area contributed by atoms with E-state index in [-0.39, 0.29) is 5.91 Å². The van der Waals surface area contributed by atoms with Crippen LogP contribution in [0.5, 0.6) is 5.75 Å². The third kappa shape index (κ3) is 2.05. The van der Waals surface area contributed by atoms with Gasteiger partial charge < -0.3 is 9.64 Å². The Balaban J connectivity index is 2.70. The second-order valence-electron chi connectivity index (χ2n) is 3.90. The lowest BCUT2D eigenvalue weighted by atomic mass is 10.2. The number of thiophene rings is 1. The van der Waals surface area contributed by atoms with Gasteiger partial charge in [0.05, 0.1) is 16.8 Å². The van der Waals surface area contributed by atoms with Crippen molar-refractivity contribution >= 4 is 50.5 Å². The molecule has 1 amide bonds. The molecule has 0 unspecified atom stereocenters. The first-order valence-corrected chi connectivity index (χ1v) is 6.70. The Kier molecular flexibility index (Phi) is 3.71. The van der Waals surface area contributed by atoms with Crippen molar-refractivity contribution in [2.24, 2.45) is 0 Å². The summed E-state index contributed by atoms with van der Waals surface area (Å²) in [6.07, 6.45) is 0. The molecule has 0 radical (unpaired) electrons. The number of nitrogens with zero attached hydrogens (tertiary/aromatic N) is 1. The summed E-state index contributed by atoms with van der Waals surface area (Å²) in [5, 5.41) is 1.70. The molecule has 18 heavy (non-hydrogen) atoms. The summed E-state index contributed by atoms with van der Waals surface area (Å²) in [5.41, 5.74) is 0. The Morgan fingerprint density at radius 2 is 1.94 bits per heavy atom. The summed E-state index contributed by atoms with van der Waals surface area (Å²) in [5.74, 6) is 0.446. The van der Waals surface area contributed by atoms with Crippen LogP contribution in [-0.4, -0.2) is 32.0 Å². The summed E-state index contributed by atoms with van der Waals surface area (Å²) < 4.78 is 5.92. The molecule has 2 rings (SSSR count). The number of ether oxygens (including phenoxy) is 1. The van der Waals surface area contributed by atoms with Crippen LogP contribution in [0, 0.1) is 0 Å². The average Bonchev–Trinajstić information content (AvgIpc) is 2.67. The highest BCUT2D eigenvalue weighted by Crippen LogP contribution is 2.43. The molecule has 0 aliphatic rings. The number of methoxy groups -OCH3 is 1. The number of halogens is 2. The molecule has 2 aromatic rings. The van der Waals surface area contributed by atoms with Gasteiger partial charge in [0.25, 0.3) is 5.91 Å². The Labute approximate surface area is 119 Å². The predicted octanol–water partition coefficient (Wildman–Crippen LogP) is 3.92. The minimum Gasteiger partial charge on any atom is -0.495 e. The normalized spacial score (nSPS) is 10.7. The van der Waals surface area contributed by atoms with Gasteiger partial charge in [-0.25, -0.2) is 0 Å². The molecule has 0 bridgehead atoms. The summed E-state index contributed by atoms with van der Waals surface area (Å²) in [6.45, 7) is 0. The summed E-state index contributed by atoms with van der Waals surface area (Å²) in [6, 6.07) is 3.55. The van der Waals surface area contributed by atoms with E-state index >= 15 is 0 Å². The van der Waals surface area contributed by atoms with Crippen LogP contribution in [0.4, 0.5) is 0 Å². The largest absolute Gasteiger partial charge is 0.495 e. The summed E-state index contributed by atoms with van der Waals surface area (Å²) >= 11 is 13.7. The number of fused-ring (bicyclic) bond motifs is 1. The molecule has 3 nitrogen and oxygen atoms in total. The molecule has 0 saturated heterocycles. The third-order valence-electron chi connectivity index (χ3n) is 2.52. The van der Waals surface area contributed by atoms with Crippen LogP contribution >= 0.6 is 34.5 Å². The molecule has 6 heteroatoms. The maximum atomic E-state index is 12.0. The van der Waals surface area contributed by atoms with E-state index in [1.807, 2.05) is 6.07 Å². The number of rotatable bonds is 2. The first-order chi connectivity index (χ1) is 8.47. The van der Waals surface area contributed by atoms with Gasteiger partial charge in [-0.05, 0) is 12.1 Å². The lowest BCUT2D eigenvalue weighted by Gasteiger charge is -2.07. The fourth-order valence-corrected chi connectivity index (χ4v) is 3.49. The molecule has 0 fully saturated rings. The molecule has 1 heterocycles. The maximum Gasteiger partial charge on any atom is 0.264 e. The summed E-state index contributed by atoms with van der Waals surface area (Å²) in [4.78, 5) is 14.0. The van der Waals surface area contributed by atoms with E-state index in [2.05, 4.69) is 0 Å². The lowest BCUT2D eigenvalue weighted by molar-refractivity contribution is 0.0832. The van der Waals surface area contributed by atoms with Gasteiger partial charge in [0.1, 0.15) is 15.6 Å². The van der Waals surface area contributed by atoms with Crippen molar-refractivity contribution in [1.82, 2.24) is 4.90 Å². The second-order valence-corrected chi connectivity index (χ2v) is 5.68. The first kappa shape index (κ1) is 13.5. The van der Waals surface area contributed by atoms with Gasteiger partial charge in [-0.2, -0.15) is 0 Å². The van der Waals surface area contributed by atoms with Gasteiger partial charge in [-0.1, -0.05) is 23.2 Å². The fraction of sp³-hybridized carbons (Fsp3) is 0.250. The number of benzene rings is 1. The average molecular weight is 304 g/mol. The van der Waals surface area contributed by atoms with Crippen molar-refractivity contribution in [2.45, 2.75) is 0 Å². The zero-order valence-electron chi connectivity index (χ0n) is 10.1. The van der Waals surface area contributed by atoms with Gasteiger partial charge >= 0.3 is 0 Å². The van der Waals surface area contributed by atoms with E-state index in [4.69, 9.17) is 27.9 Å². The van der Waals surface area contributed by atoms with Gasteiger partial charge in [0.15, 0.2) is 0 Å². The van der Waals surface area contributed by atoms with Crippen LogP contribution in [0.3, 0.4) is 0 Å². The smallest absolute Gasteiger partial charge is 0.264 e. The highest BCUT2D eigenvalue weighted by Gasteiger charge is 2.21. The van der Waals surface area contributed by atoms with E-state index in [0.717, 1.165) is 10.1 Å². The van der Waals surface area contributed by atoms with E-state index in [1.54, 1.807) is 27.3 Å². The topological polar surface area (TPSA) is 29.5 Å². The van der Waals surface area contributed by atoms with E-state index in [0.29, 0.717) is 20.7 Å². The van der Waals surface area contributed by atoms with Crippen LogP contribution in [0.15, 0.2) is 12.1 Å². The number of hydrogen-bond acceptors (Lipinski definition) is 3. The number of carbonyl (C=O) groups is 1. The van der Waals surface area contributed by atoms with E-state index in [1.165, 1.54) is 16.2 Å². The fourth-order valence-electron chi connectivity index (χ4n) is 1.58. The monoisotopic (exact) mass is 303 g/mol. The number of hydrogen-bond donors (Lipinski definition) is 0. The lowest BCUT2D eigenvalue weighted by Crippen LogP contribution is -2.20. The SMILES string of the molecule is COc1ccc2c(Cl)c(C(=O)N(C)C)sc2c1Cl. The second kappa shape index (κ2) is 4.96.